The highest BCUT2D eigenvalue weighted by atomic mass is 32.1. The van der Waals surface area contributed by atoms with E-state index in [9.17, 15) is 9.59 Å². The first-order valence-corrected chi connectivity index (χ1v) is 10.2. The number of aryl methyl sites for hydroxylation is 2. The zero-order chi connectivity index (χ0) is 19.2. The Morgan fingerprint density at radius 2 is 2.15 bits per heavy atom. The van der Waals surface area contributed by atoms with Gasteiger partial charge in [0.2, 0.25) is 11.8 Å². The van der Waals surface area contributed by atoms with Crippen molar-refractivity contribution in [2.75, 3.05) is 25.0 Å². The third-order valence-electron chi connectivity index (χ3n) is 4.80. The maximum atomic E-state index is 12.6. The summed E-state index contributed by atoms with van der Waals surface area (Å²) < 4.78 is 0. The second kappa shape index (κ2) is 9.10. The SMILES string of the molecule is Cc1cccc(NC(=O)C2CCCN(CC(=O)NCc3sccc3C)C2)n1. The second-order valence-corrected chi connectivity index (χ2v) is 8.03. The van der Waals surface area contributed by atoms with Crippen LogP contribution in [-0.2, 0) is 16.1 Å². The second-order valence-electron chi connectivity index (χ2n) is 7.03. The van der Waals surface area contributed by atoms with Crippen molar-refractivity contribution < 1.29 is 9.59 Å². The van der Waals surface area contributed by atoms with Gasteiger partial charge in [-0.15, -0.1) is 11.3 Å². The van der Waals surface area contributed by atoms with E-state index in [0.29, 0.717) is 25.5 Å². The largest absolute Gasteiger partial charge is 0.350 e. The molecule has 144 valence electrons. The van der Waals surface area contributed by atoms with Gasteiger partial charge in [-0.25, -0.2) is 4.98 Å². The Hall–Kier alpha value is -2.25. The molecule has 2 amide bonds. The van der Waals surface area contributed by atoms with E-state index in [2.05, 4.69) is 33.5 Å². The molecule has 2 aromatic rings. The Morgan fingerprint density at radius 3 is 2.89 bits per heavy atom. The summed E-state index contributed by atoms with van der Waals surface area (Å²) in [7, 11) is 0. The summed E-state index contributed by atoms with van der Waals surface area (Å²) in [5.41, 5.74) is 2.08. The van der Waals surface area contributed by atoms with Crippen molar-refractivity contribution >= 4 is 29.0 Å². The topological polar surface area (TPSA) is 74.3 Å². The lowest BCUT2D eigenvalue weighted by Crippen LogP contribution is -2.45. The highest BCUT2D eigenvalue weighted by molar-refractivity contribution is 7.10. The van der Waals surface area contributed by atoms with E-state index in [1.807, 2.05) is 24.4 Å². The monoisotopic (exact) mass is 386 g/mol. The highest BCUT2D eigenvalue weighted by Gasteiger charge is 2.27. The van der Waals surface area contributed by atoms with Crippen LogP contribution in [0.3, 0.4) is 0 Å². The van der Waals surface area contributed by atoms with E-state index >= 15 is 0 Å². The van der Waals surface area contributed by atoms with E-state index in [4.69, 9.17) is 0 Å². The first-order valence-electron chi connectivity index (χ1n) is 9.28. The maximum Gasteiger partial charge on any atom is 0.234 e. The van der Waals surface area contributed by atoms with Crippen LogP contribution < -0.4 is 10.6 Å². The van der Waals surface area contributed by atoms with Crippen LogP contribution in [0.2, 0.25) is 0 Å². The average Bonchev–Trinajstić information content (AvgIpc) is 3.05. The highest BCUT2D eigenvalue weighted by Crippen LogP contribution is 2.19. The summed E-state index contributed by atoms with van der Waals surface area (Å²) in [4.78, 5) is 32.4. The summed E-state index contributed by atoms with van der Waals surface area (Å²) in [5.74, 6) is 0.450. The molecule has 0 spiro atoms. The minimum Gasteiger partial charge on any atom is -0.350 e. The van der Waals surface area contributed by atoms with Gasteiger partial charge in [-0.1, -0.05) is 6.07 Å². The molecule has 2 N–H and O–H groups in total. The Morgan fingerprint density at radius 1 is 1.30 bits per heavy atom. The number of nitrogens with one attached hydrogen (secondary N) is 2. The molecule has 1 atom stereocenters. The van der Waals surface area contributed by atoms with E-state index < -0.39 is 0 Å². The van der Waals surface area contributed by atoms with Gasteiger partial charge in [-0.3, -0.25) is 14.5 Å². The molecule has 27 heavy (non-hydrogen) atoms. The summed E-state index contributed by atoms with van der Waals surface area (Å²) in [6.07, 6.45) is 1.75. The molecule has 3 heterocycles. The summed E-state index contributed by atoms with van der Waals surface area (Å²) in [5, 5.41) is 7.92. The number of pyridine rings is 1. The molecule has 0 aliphatic carbocycles. The molecule has 2 aromatic heterocycles. The number of thiophene rings is 1. The maximum absolute atomic E-state index is 12.6. The van der Waals surface area contributed by atoms with Crippen LogP contribution in [0, 0.1) is 19.8 Å². The Balaban J connectivity index is 1.47. The van der Waals surface area contributed by atoms with Gasteiger partial charge in [0.25, 0.3) is 0 Å². The van der Waals surface area contributed by atoms with Crippen LogP contribution in [0.15, 0.2) is 29.6 Å². The fourth-order valence-electron chi connectivity index (χ4n) is 3.28. The lowest BCUT2D eigenvalue weighted by molar-refractivity contribution is -0.125. The number of likely N-dealkylation sites (tertiary alicyclic amines) is 1. The molecule has 1 fully saturated rings. The molecule has 0 radical (unpaired) electrons. The molecule has 7 heteroatoms. The number of anilines is 1. The number of carbonyl (C=O) groups is 2. The molecule has 0 bridgehead atoms. The van der Waals surface area contributed by atoms with Crippen molar-refractivity contribution in [3.8, 4) is 0 Å². The van der Waals surface area contributed by atoms with Crippen LogP contribution in [0.25, 0.3) is 0 Å². The lowest BCUT2D eigenvalue weighted by Gasteiger charge is -2.31. The van der Waals surface area contributed by atoms with Crippen molar-refractivity contribution in [1.29, 1.82) is 0 Å². The predicted octanol–water partition coefficient (Wildman–Crippen LogP) is 2.73. The van der Waals surface area contributed by atoms with Gasteiger partial charge < -0.3 is 10.6 Å². The van der Waals surface area contributed by atoms with Crippen molar-refractivity contribution in [2.45, 2.75) is 33.2 Å². The first-order chi connectivity index (χ1) is 13.0. The molecule has 1 unspecified atom stereocenters. The molecule has 6 nitrogen and oxygen atoms in total. The predicted molar refractivity (Wildman–Crippen MR) is 108 cm³/mol. The molecular weight excluding hydrogens is 360 g/mol. The van der Waals surface area contributed by atoms with E-state index in [-0.39, 0.29) is 17.7 Å². The third kappa shape index (κ3) is 5.61. The molecule has 1 aliphatic rings. The van der Waals surface area contributed by atoms with E-state index in [1.165, 1.54) is 10.4 Å². The van der Waals surface area contributed by atoms with Gasteiger partial charge in [0.15, 0.2) is 0 Å². The summed E-state index contributed by atoms with van der Waals surface area (Å²) in [6.45, 7) is 6.29. The van der Waals surface area contributed by atoms with Crippen LogP contribution in [0.5, 0.6) is 0 Å². The number of nitrogens with zero attached hydrogens (tertiary/aromatic N) is 2. The smallest absolute Gasteiger partial charge is 0.234 e. The van der Waals surface area contributed by atoms with Gasteiger partial charge in [0.1, 0.15) is 5.82 Å². The minimum atomic E-state index is -0.117. The average molecular weight is 387 g/mol. The fourth-order valence-corrected chi connectivity index (χ4v) is 4.12. The van der Waals surface area contributed by atoms with E-state index in [1.54, 1.807) is 17.4 Å². The van der Waals surface area contributed by atoms with Gasteiger partial charge >= 0.3 is 0 Å². The molecule has 3 rings (SSSR count). The van der Waals surface area contributed by atoms with Crippen LogP contribution in [-0.4, -0.2) is 41.3 Å². The van der Waals surface area contributed by atoms with Crippen molar-refractivity contribution in [1.82, 2.24) is 15.2 Å². The zero-order valence-corrected chi connectivity index (χ0v) is 16.6. The standard InChI is InChI=1S/C20H26N4O2S/c1-14-8-10-27-17(14)11-21-19(25)13-24-9-4-6-16(12-24)20(26)23-18-7-3-5-15(2)22-18/h3,5,7-8,10,16H,4,6,9,11-13H2,1-2H3,(H,21,25)(H,22,23,26). The number of hydrogen-bond acceptors (Lipinski definition) is 5. The van der Waals surface area contributed by atoms with Gasteiger partial charge in [-0.2, -0.15) is 0 Å². The summed E-state index contributed by atoms with van der Waals surface area (Å²) in [6, 6.07) is 7.63. The number of rotatable bonds is 6. The number of aromatic nitrogens is 1. The summed E-state index contributed by atoms with van der Waals surface area (Å²) >= 11 is 1.66. The van der Waals surface area contributed by atoms with Crippen LogP contribution >= 0.6 is 11.3 Å². The zero-order valence-electron chi connectivity index (χ0n) is 15.8. The van der Waals surface area contributed by atoms with Gasteiger partial charge in [-0.05, 0) is 62.4 Å². The van der Waals surface area contributed by atoms with Crippen molar-refractivity contribution in [2.24, 2.45) is 5.92 Å². The molecule has 0 saturated carbocycles. The first kappa shape index (κ1) is 19.5. The number of amides is 2. The minimum absolute atomic E-state index is 0.00390. The van der Waals surface area contributed by atoms with Crippen LogP contribution in [0.4, 0.5) is 5.82 Å². The van der Waals surface area contributed by atoms with Crippen molar-refractivity contribution in [3.63, 3.8) is 0 Å². The van der Waals surface area contributed by atoms with Gasteiger partial charge in [0.05, 0.1) is 19.0 Å². The quantitative estimate of drug-likeness (QED) is 0.801. The molecule has 0 aromatic carbocycles. The number of piperidine rings is 1. The lowest BCUT2D eigenvalue weighted by atomic mass is 9.97. The van der Waals surface area contributed by atoms with Gasteiger partial charge in [0, 0.05) is 17.1 Å². The van der Waals surface area contributed by atoms with E-state index in [0.717, 1.165) is 25.1 Å². The Labute approximate surface area is 164 Å². The molecule has 1 saturated heterocycles. The third-order valence-corrected chi connectivity index (χ3v) is 5.82. The Bertz CT molecular complexity index is 805. The fraction of sp³-hybridized carbons (Fsp3) is 0.450. The Kier molecular flexibility index (Phi) is 6.58. The van der Waals surface area contributed by atoms with Crippen LogP contribution in [0.1, 0.15) is 29.0 Å². The normalized spacial score (nSPS) is 17.5. The van der Waals surface area contributed by atoms with Crippen molar-refractivity contribution in [3.05, 3.63) is 45.8 Å². The molecular formula is C20H26N4O2S. The number of carbonyl (C=O) groups excluding carboxylic acids is 2. The molecule has 1 aliphatic heterocycles. The number of hydrogen-bond donors (Lipinski definition) is 2.